The predicted molar refractivity (Wildman–Crippen MR) is 99.8 cm³/mol. The zero-order valence-electron chi connectivity index (χ0n) is 14.9. The summed E-state index contributed by atoms with van der Waals surface area (Å²) in [7, 11) is 0. The fourth-order valence-electron chi connectivity index (χ4n) is 6.46. The third kappa shape index (κ3) is 2.22. The normalized spacial score (nSPS) is 29.3. The third-order valence-corrected chi connectivity index (χ3v) is 7.25. The van der Waals surface area contributed by atoms with E-state index < -0.39 is 11.7 Å². The number of fused-ring (bicyclic) bond motifs is 3. The van der Waals surface area contributed by atoms with Crippen molar-refractivity contribution in [2.75, 3.05) is 0 Å². The van der Waals surface area contributed by atoms with Crippen LogP contribution in [0, 0.1) is 11.8 Å². The van der Waals surface area contributed by atoms with Gasteiger partial charge in [0.25, 0.3) is 0 Å². The van der Waals surface area contributed by atoms with Gasteiger partial charge >= 0.3 is 6.18 Å². The molecule has 0 N–H and O–H groups in total. The molecule has 2 atom stereocenters. The summed E-state index contributed by atoms with van der Waals surface area (Å²) >= 11 is 0. The van der Waals surface area contributed by atoms with Crippen LogP contribution in [0.25, 0.3) is 21.7 Å². The van der Waals surface area contributed by atoms with E-state index in [1.54, 1.807) is 12.1 Å². The molecule has 2 unspecified atom stereocenters. The average molecular weight is 367 g/mol. The highest BCUT2D eigenvalue weighted by Gasteiger charge is 2.43. The summed E-state index contributed by atoms with van der Waals surface area (Å²) in [6.45, 7) is 0. The topological polar surface area (TPSA) is 12.9 Å². The Hall–Kier alpha value is -2.10. The maximum atomic E-state index is 13.9. The van der Waals surface area contributed by atoms with E-state index in [-0.39, 0.29) is 5.52 Å². The van der Waals surface area contributed by atoms with Crippen LogP contribution in [0.4, 0.5) is 13.2 Å². The van der Waals surface area contributed by atoms with Crippen molar-refractivity contribution in [3.63, 3.8) is 0 Å². The number of hydrogen-bond donors (Lipinski definition) is 0. The lowest BCUT2D eigenvalue weighted by Gasteiger charge is -2.38. The van der Waals surface area contributed by atoms with Crippen molar-refractivity contribution in [1.82, 2.24) is 4.98 Å². The van der Waals surface area contributed by atoms with Crippen molar-refractivity contribution in [1.29, 1.82) is 0 Å². The van der Waals surface area contributed by atoms with Crippen molar-refractivity contribution in [3.8, 4) is 0 Å². The van der Waals surface area contributed by atoms with E-state index in [1.807, 2.05) is 6.07 Å². The van der Waals surface area contributed by atoms with E-state index in [4.69, 9.17) is 0 Å². The number of halogens is 3. The lowest BCUT2D eigenvalue weighted by atomic mass is 9.67. The van der Waals surface area contributed by atoms with E-state index in [2.05, 4.69) is 11.1 Å². The molecule has 1 nitrogen and oxygen atoms in total. The van der Waals surface area contributed by atoms with Gasteiger partial charge in [-0.05, 0) is 89.8 Å². The van der Waals surface area contributed by atoms with Crippen molar-refractivity contribution < 1.29 is 13.2 Å². The summed E-state index contributed by atoms with van der Waals surface area (Å²) in [6.07, 6.45) is 3.09. The van der Waals surface area contributed by atoms with Gasteiger partial charge in [-0.3, -0.25) is 4.98 Å². The largest absolute Gasteiger partial charge is 0.418 e. The van der Waals surface area contributed by atoms with Gasteiger partial charge < -0.3 is 0 Å². The molecule has 2 fully saturated rings. The predicted octanol–water partition coefficient (Wildman–Crippen LogP) is 6.80. The fraction of sp³-hybridized carbons (Fsp3) is 0.435. The summed E-state index contributed by atoms with van der Waals surface area (Å²) in [4.78, 5) is 4.09. The van der Waals surface area contributed by atoms with Gasteiger partial charge in [0.2, 0.25) is 0 Å². The fourth-order valence-corrected chi connectivity index (χ4v) is 6.46. The van der Waals surface area contributed by atoms with E-state index in [1.165, 1.54) is 42.7 Å². The SMILES string of the molecule is FC(F)(F)c1cc2c3c(ccc2c2cccnc12)C1CC2CC(C1)CC3C2. The Balaban J connectivity index is 1.74. The second-order valence-corrected chi connectivity index (χ2v) is 8.79. The van der Waals surface area contributed by atoms with Crippen LogP contribution < -0.4 is 0 Å². The highest BCUT2D eigenvalue weighted by molar-refractivity contribution is 6.09. The molecule has 0 amide bonds. The molecule has 0 spiro atoms. The van der Waals surface area contributed by atoms with Gasteiger partial charge in [0.05, 0.1) is 11.1 Å². The number of hydrogen-bond acceptors (Lipinski definition) is 1. The molecule has 138 valence electrons. The zero-order chi connectivity index (χ0) is 18.3. The molecule has 2 aromatic carbocycles. The number of benzene rings is 2. The van der Waals surface area contributed by atoms with Crippen LogP contribution in [-0.2, 0) is 6.18 Å². The molecule has 0 saturated heterocycles. The lowest BCUT2D eigenvalue weighted by Crippen LogP contribution is -2.25. The Morgan fingerprint density at radius 1 is 0.815 bits per heavy atom. The number of alkyl halides is 3. The van der Waals surface area contributed by atoms with E-state index in [0.717, 1.165) is 35.4 Å². The summed E-state index contributed by atoms with van der Waals surface area (Å²) in [5.41, 5.74) is 2.02. The van der Waals surface area contributed by atoms with E-state index >= 15 is 0 Å². The summed E-state index contributed by atoms with van der Waals surface area (Å²) < 4.78 is 41.6. The first kappa shape index (κ1) is 15.9. The van der Waals surface area contributed by atoms with Gasteiger partial charge in [-0.25, -0.2) is 0 Å². The number of rotatable bonds is 0. The van der Waals surface area contributed by atoms with Crippen LogP contribution in [-0.4, -0.2) is 4.98 Å². The third-order valence-electron chi connectivity index (χ3n) is 7.25. The Kier molecular flexibility index (Phi) is 3.09. The van der Waals surface area contributed by atoms with Crippen LogP contribution in [0.5, 0.6) is 0 Å². The molecular weight excluding hydrogens is 347 g/mol. The summed E-state index contributed by atoms with van der Waals surface area (Å²) in [5.74, 6) is 2.44. The number of pyridine rings is 1. The Labute approximate surface area is 155 Å². The van der Waals surface area contributed by atoms with Crippen LogP contribution in [0.3, 0.4) is 0 Å². The highest BCUT2D eigenvalue weighted by Crippen LogP contribution is 2.57. The van der Waals surface area contributed by atoms with Gasteiger partial charge in [-0.2, -0.15) is 13.2 Å². The van der Waals surface area contributed by atoms with Gasteiger partial charge in [-0.15, -0.1) is 0 Å². The minimum atomic E-state index is -4.40. The van der Waals surface area contributed by atoms with Crippen LogP contribution in [0.1, 0.15) is 60.6 Å². The highest BCUT2D eigenvalue weighted by atomic mass is 19.4. The number of nitrogens with zero attached hydrogens (tertiary/aromatic N) is 1. The quantitative estimate of drug-likeness (QED) is 0.398. The lowest BCUT2D eigenvalue weighted by molar-refractivity contribution is -0.136. The maximum Gasteiger partial charge on any atom is 0.418 e. The Bertz CT molecular complexity index is 1070. The molecule has 0 radical (unpaired) electrons. The second-order valence-electron chi connectivity index (χ2n) is 8.79. The Morgan fingerprint density at radius 2 is 1.56 bits per heavy atom. The molecule has 1 heterocycles. The standard InChI is InChI=1S/C23H20F3N/c24-23(25,26)20-11-19-17(18-2-1-5-27-22(18)20)4-3-16-14-7-12-6-13(8-14)10-15(9-12)21(16)19/h1-5,11-15H,6-10H2. The van der Waals surface area contributed by atoms with Gasteiger partial charge in [-0.1, -0.05) is 18.2 Å². The first-order valence-electron chi connectivity index (χ1n) is 9.90. The molecule has 4 aliphatic carbocycles. The Morgan fingerprint density at radius 3 is 2.30 bits per heavy atom. The molecule has 0 aliphatic heterocycles. The molecule has 2 saturated carbocycles. The average Bonchev–Trinajstić information content (AvgIpc) is 2.81. The monoisotopic (exact) mass is 367 g/mol. The minimum absolute atomic E-state index is 0.0666. The molecule has 4 bridgehead atoms. The molecule has 4 heteroatoms. The van der Waals surface area contributed by atoms with Crippen molar-refractivity contribution in [2.24, 2.45) is 11.8 Å². The summed E-state index contributed by atoms with van der Waals surface area (Å²) in [5, 5.41) is 2.36. The van der Waals surface area contributed by atoms with Crippen LogP contribution in [0.2, 0.25) is 0 Å². The molecule has 27 heavy (non-hydrogen) atoms. The van der Waals surface area contributed by atoms with Crippen molar-refractivity contribution in [2.45, 2.75) is 50.1 Å². The molecule has 7 rings (SSSR count). The number of aromatic nitrogens is 1. The van der Waals surface area contributed by atoms with Crippen molar-refractivity contribution >= 4 is 21.7 Å². The zero-order valence-corrected chi connectivity index (χ0v) is 14.9. The maximum absolute atomic E-state index is 13.9. The van der Waals surface area contributed by atoms with Crippen LogP contribution in [0.15, 0.2) is 36.5 Å². The summed E-state index contributed by atoms with van der Waals surface area (Å²) in [6, 6.07) is 9.18. The first-order valence-corrected chi connectivity index (χ1v) is 9.90. The van der Waals surface area contributed by atoms with E-state index in [0.29, 0.717) is 17.2 Å². The molecule has 4 aliphatic rings. The van der Waals surface area contributed by atoms with E-state index in [9.17, 15) is 13.2 Å². The molecular formula is C23H20F3N. The second kappa shape index (κ2) is 5.24. The smallest absolute Gasteiger partial charge is 0.256 e. The molecule has 1 aromatic heterocycles. The van der Waals surface area contributed by atoms with Crippen LogP contribution >= 0.6 is 0 Å². The minimum Gasteiger partial charge on any atom is -0.256 e. The van der Waals surface area contributed by atoms with Gasteiger partial charge in [0.1, 0.15) is 0 Å². The van der Waals surface area contributed by atoms with Crippen molar-refractivity contribution in [3.05, 3.63) is 53.2 Å². The molecule has 3 aromatic rings. The first-order chi connectivity index (χ1) is 13.0. The van der Waals surface area contributed by atoms with Gasteiger partial charge in [0, 0.05) is 11.6 Å². The van der Waals surface area contributed by atoms with Gasteiger partial charge in [0.15, 0.2) is 0 Å².